The molecule has 1 aromatic rings. The Morgan fingerprint density at radius 1 is 1.12 bits per heavy atom. The maximum Gasteiger partial charge on any atom is 0.317 e. The second-order valence-corrected chi connectivity index (χ2v) is 6.96. The third kappa shape index (κ3) is 5.29. The molecule has 1 saturated carbocycles. The summed E-state index contributed by atoms with van der Waals surface area (Å²) >= 11 is 0. The predicted molar refractivity (Wildman–Crippen MR) is 98.2 cm³/mol. The molecule has 0 aliphatic heterocycles. The summed E-state index contributed by atoms with van der Waals surface area (Å²) in [7, 11) is 0. The van der Waals surface area contributed by atoms with E-state index in [4.69, 9.17) is 5.11 Å². The Labute approximate surface area is 153 Å². The van der Waals surface area contributed by atoms with Crippen molar-refractivity contribution in [2.45, 2.75) is 51.7 Å². The van der Waals surface area contributed by atoms with E-state index in [1.54, 1.807) is 24.3 Å². The fourth-order valence-corrected chi connectivity index (χ4v) is 3.06. The SMILES string of the molecule is CCN(CC(=O)O)C1CC(NC(=O)c2ccc(C(=O)NC(C)C)cc2)C1. The van der Waals surface area contributed by atoms with E-state index in [2.05, 4.69) is 10.6 Å². The molecule has 3 N–H and O–H groups in total. The number of carbonyl (C=O) groups excluding carboxylic acids is 2. The van der Waals surface area contributed by atoms with E-state index in [1.807, 2.05) is 25.7 Å². The molecule has 1 aliphatic rings. The number of carbonyl (C=O) groups is 3. The molecule has 0 atom stereocenters. The number of carboxylic acid groups (broad SMARTS) is 1. The molecule has 0 spiro atoms. The lowest BCUT2D eigenvalue weighted by Gasteiger charge is -2.42. The molecule has 142 valence electrons. The lowest BCUT2D eigenvalue weighted by atomic mass is 9.85. The van der Waals surface area contributed by atoms with Gasteiger partial charge in [-0.2, -0.15) is 0 Å². The highest BCUT2D eigenvalue weighted by Crippen LogP contribution is 2.25. The Balaban J connectivity index is 1.84. The van der Waals surface area contributed by atoms with Crippen LogP contribution in [0.15, 0.2) is 24.3 Å². The Hall–Kier alpha value is -2.41. The monoisotopic (exact) mass is 361 g/mol. The summed E-state index contributed by atoms with van der Waals surface area (Å²) in [4.78, 5) is 37.0. The highest BCUT2D eigenvalue weighted by molar-refractivity contribution is 5.98. The van der Waals surface area contributed by atoms with Crippen LogP contribution in [0.5, 0.6) is 0 Å². The van der Waals surface area contributed by atoms with Gasteiger partial charge < -0.3 is 15.7 Å². The maximum absolute atomic E-state index is 12.3. The number of likely N-dealkylation sites (N-methyl/N-ethyl adjacent to an activating group) is 1. The van der Waals surface area contributed by atoms with Crippen molar-refractivity contribution in [3.8, 4) is 0 Å². The number of amides is 2. The first-order chi connectivity index (χ1) is 12.3. The normalized spacial score (nSPS) is 19.1. The van der Waals surface area contributed by atoms with Crippen LogP contribution < -0.4 is 10.6 Å². The molecule has 0 radical (unpaired) electrons. The highest BCUT2D eigenvalue weighted by atomic mass is 16.4. The van der Waals surface area contributed by atoms with Crippen molar-refractivity contribution in [1.82, 2.24) is 15.5 Å². The van der Waals surface area contributed by atoms with Gasteiger partial charge in [-0.15, -0.1) is 0 Å². The third-order valence-electron chi connectivity index (χ3n) is 4.54. The molecule has 0 aromatic heterocycles. The minimum Gasteiger partial charge on any atom is -0.480 e. The Bertz CT molecular complexity index is 651. The van der Waals surface area contributed by atoms with Crippen molar-refractivity contribution in [3.05, 3.63) is 35.4 Å². The number of hydrogen-bond acceptors (Lipinski definition) is 4. The van der Waals surface area contributed by atoms with E-state index in [-0.39, 0.29) is 36.5 Å². The van der Waals surface area contributed by atoms with Crippen LogP contribution in [-0.2, 0) is 4.79 Å². The van der Waals surface area contributed by atoms with E-state index >= 15 is 0 Å². The van der Waals surface area contributed by atoms with Gasteiger partial charge in [-0.1, -0.05) is 6.92 Å². The van der Waals surface area contributed by atoms with Gasteiger partial charge >= 0.3 is 5.97 Å². The lowest BCUT2D eigenvalue weighted by molar-refractivity contribution is -0.139. The van der Waals surface area contributed by atoms with Crippen molar-refractivity contribution in [3.63, 3.8) is 0 Å². The van der Waals surface area contributed by atoms with Gasteiger partial charge in [0.05, 0.1) is 6.54 Å². The van der Waals surface area contributed by atoms with Crippen LogP contribution >= 0.6 is 0 Å². The number of aliphatic carboxylic acids is 1. The van der Waals surface area contributed by atoms with Gasteiger partial charge in [0.25, 0.3) is 11.8 Å². The average molecular weight is 361 g/mol. The summed E-state index contributed by atoms with van der Waals surface area (Å²) in [6.45, 7) is 6.43. The molecule has 0 unspecified atom stereocenters. The fraction of sp³-hybridized carbons (Fsp3) is 0.526. The quantitative estimate of drug-likeness (QED) is 0.652. The molecule has 1 aromatic carbocycles. The van der Waals surface area contributed by atoms with Crippen molar-refractivity contribution in [2.24, 2.45) is 0 Å². The second kappa shape index (κ2) is 8.80. The zero-order valence-electron chi connectivity index (χ0n) is 15.5. The molecule has 1 aliphatic carbocycles. The topological polar surface area (TPSA) is 98.7 Å². The lowest BCUT2D eigenvalue weighted by Crippen LogP contribution is -2.54. The van der Waals surface area contributed by atoms with Crippen molar-refractivity contribution in [2.75, 3.05) is 13.1 Å². The summed E-state index contributed by atoms with van der Waals surface area (Å²) in [5.74, 6) is -1.17. The molecule has 0 saturated heterocycles. The molecule has 7 nitrogen and oxygen atoms in total. The van der Waals surface area contributed by atoms with Gasteiger partial charge in [-0.05, 0) is 57.5 Å². The number of rotatable bonds is 8. The van der Waals surface area contributed by atoms with Crippen LogP contribution in [0.25, 0.3) is 0 Å². The van der Waals surface area contributed by atoms with Gasteiger partial charge in [0.15, 0.2) is 0 Å². The first-order valence-corrected chi connectivity index (χ1v) is 8.97. The zero-order chi connectivity index (χ0) is 19.3. The molecular formula is C19H27N3O4. The smallest absolute Gasteiger partial charge is 0.317 e. The minimum absolute atomic E-state index is 0.0295. The molecule has 1 fully saturated rings. The summed E-state index contributed by atoms with van der Waals surface area (Å²) in [5.41, 5.74) is 1.03. The molecule has 2 rings (SSSR count). The highest BCUT2D eigenvalue weighted by Gasteiger charge is 2.34. The molecule has 0 bridgehead atoms. The maximum atomic E-state index is 12.3. The van der Waals surface area contributed by atoms with Crippen LogP contribution in [-0.4, -0.2) is 59.0 Å². The van der Waals surface area contributed by atoms with Crippen LogP contribution in [0, 0.1) is 0 Å². The summed E-state index contributed by atoms with van der Waals surface area (Å²) in [6.07, 6.45) is 1.50. The summed E-state index contributed by atoms with van der Waals surface area (Å²) in [6, 6.07) is 6.88. The van der Waals surface area contributed by atoms with Gasteiger partial charge in [0.1, 0.15) is 0 Å². The molecule has 2 amide bonds. The van der Waals surface area contributed by atoms with Gasteiger partial charge in [-0.3, -0.25) is 19.3 Å². The predicted octanol–water partition coefficient (Wildman–Crippen LogP) is 1.49. The van der Waals surface area contributed by atoms with Crippen LogP contribution in [0.2, 0.25) is 0 Å². The fourth-order valence-electron chi connectivity index (χ4n) is 3.06. The van der Waals surface area contributed by atoms with E-state index in [9.17, 15) is 14.4 Å². The number of nitrogens with zero attached hydrogens (tertiary/aromatic N) is 1. The van der Waals surface area contributed by atoms with Gasteiger partial charge in [0.2, 0.25) is 0 Å². The van der Waals surface area contributed by atoms with E-state index < -0.39 is 5.97 Å². The van der Waals surface area contributed by atoms with Crippen LogP contribution in [0.1, 0.15) is 54.3 Å². The first-order valence-electron chi connectivity index (χ1n) is 8.97. The number of benzene rings is 1. The summed E-state index contributed by atoms with van der Waals surface area (Å²) in [5, 5.41) is 14.7. The Kier molecular flexibility index (Phi) is 6.74. The Morgan fingerprint density at radius 2 is 1.65 bits per heavy atom. The standard InChI is InChI=1S/C19H27N3O4/c1-4-22(11-17(23)24)16-9-15(10-16)21-19(26)14-7-5-13(6-8-14)18(25)20-12(2)3/h5-8,12,15-16H,4,9-11H2,1-3H3,(H,20,25)(H,21,26)(H,23,24). The third-order valence-corrected chi connectivity index (χ3v) is 4.54. The first kappa shape index (κ1) is 19.9. The molecule has 7 heteroatoms. The van der Waals surface area contributed by atoms with Crippen molar-refractivity contribution < 1.29 is 19.5 Å². The van der Waals surface area contributed by atoms with Crippen molar-refractivity contribution in [1.29, 1.82) is 0 Å². The average Bonchev–Trinajstić information content (AvgIpc) is 2.55. The molecule has 26 heavy (non-hydrogen) atoms. The second-order valence-electron chi connectivity index (χ2n) is 6.96. The number of hydrogen-bond donors (Lipinski definition) is 3. The zero-order valence-corrected chi connectivity index (χ0v) is 15.5. The summed E-state index contributed by atoms with van der Waals surface area (Å²) < 4.78 is 0. The Morgan fingerprint density at radius 3 is 2.12 bits per heavy atom. The van der Waals surface area contributed by atoms with Crippen LogP contribution in [0.4, 0.5) is 0 Å². The molecular weight excluding hydrogens is 334 g/mol. The van der Waals surface area contributed by atoms with Gasteiger partial charge in [0, 0.05) is 29.3 Å². The number of nitrogens with one attached hydrogen (secondary N) is 2. The van der Waals surface area contributed by atoms with Crippen LogP contribution in [0.3, 0.4) is 0 Å². The number of carboxylic acids is 1. The van der Waals surface area contributed by atoms with Gasteiger partial charge in [-0.25, -0.2) is 0 Å². The van der Waals surface area contributed by atoms with E-state index in [0.29, 0.717) is 17.7 Å². The minimum atomic E-state index is -0.832. The largest absolute Gasteiger partial charge is 0.480 e. The van der Waals surface area contributed by atoms with Crippen molar-refractivity contribution >= 4 is 17.8 Å². The molecule has 0 heterocycles. The van der Waals surface area contributed by atoms with E-state index in [0.717, 1.165) is 12.8 Å². The van der Waals surface area contributed by atoms with E-state index in [1.165, 1.54) is 0 Å².